The highest BCUT2D eigenvalue weighted by molar-refractivity contribution is 5.44. The summed E-state index contributed by atoms with van der Waals surface area (Å²) in [6.07, 6.45) is 1.69. The van der Waals surface area contributed by atoms with Gasteiger partial charge in [0.05, 0.1) is 6.54 Å². The van der Waals surface area contributed by atoms with E-state index in [1.807, 2.05) is 0 Å². The maximum Gasteiger partial charge on any atom is 0.293 e. The third-order valence-electron chi connectivity index (χ3n) is 2.64. The summed E-state index contributed by atoms with van der Waals surface area (Å²) in [7, 11) is 1.63. The van der Waals surface area contributed by atoms with E-state index < -0.39 is 0 Å². The molecular formula is C12H17N3O3. The van der Waals surface area contributed by atoms with Crippen LogP contribution in [0.2, 0.25) is 0 Å². The minimum atomic E-state index is -0.142. The fourth-order valence-corrected chi connectivity index (χ4v) is 1.68. The molecule has 0 spiro atoms. The van der Waals surface area contributed by atoms with Crippen LogP contribution in [-0.4, -0.2) is 17.3 Å². The number of rotatable bonds is 6. The minimum absolute atomic E-state index is 0.142. The summed E-state index contributed by atoms with van der Waals surface area (Å²) < 4.78 is 15.9. The largest absolute Gasteiger partial charge is 0.455 e. The van der Waals surface area contributed by atoms with Gasteiger partial charge in [0, 0.05) is 7.11 Å². The molecule has 0 aromatic carbocycles. The lowest BCUT2D eigenvalue weighted by Gasteiger charge is -2.08. The molecule has 2 aromatic rings. The van der Waals surface area contributed by atoms with Gasteiger partial charge in [-0.1, -0.05) is 18.5 Å². The van der Waals surface area contributed by atoms with E-state index in [4.69, 9.17) is 19.4 Å². The van der Waals surface area contributed by atoms with E-state index in [1.165, 1.54) is 0 Å². The number of ether oxygens (including phenoxy) is 1. The summed E-state index contributed by atoms with van der Waals surface area (Å²) in [5.41, 5.74) is 5.48. The van der Waals surface area contributed by atoms with Crippen LogP contribution in [0.1, 0.15) is 37.5 Å². The molecule has 2 heterocycles. The number of aromatic nitrogens is 2. The molecule has 2 aromatic heterocycles. The molecule has 0 aliphatic rings. The molecule has 0 fully saturated rings. The smallest absolute Gasteiger partial charge is 0.293 e. The molecule has 0 aliphatic heterocycles. The second kappa shape index (κ2) is 5.79. The lowest BCUT2D eigenvalue weighted by Crippen LogP contribution is -2.02. The van der Waals surface area contributed by atoms with Crippen molar-refractivity contribution in [2.45, 2.75) is 32.4 Å². The Morgan fingerprint density at radius 1 is 1.44 bits per heavy atom. The average molecular weight is 251 g/mol. The number of hydrogen-bond donors (Lipinski definition) is 1. The zero-order chi connectivity index (χ0) is 13.0. The van der Waals surface area contributed by atoms with Gasteiger partial charge in [0.25, 0.3) is 5.89 Å². The zero-order valence-electron chi connectivity index (χ0n) is 10.5. The number of hydrogen-bond acceptors (Lipinski definition) is 6. The van der Waals surface area contributed by atoms with Crippen molar-refractivity contribution >= 4 is 0 Å². The first-order valence-electron chi connectivity index (χ1n) is 5.94. The average Bonchev–Trinajstić information content (AvgIpc) is 3.03. The van der Waals surface area contributed by atoms with Crippen molar-refractivity contribution in [3.05, 3.63) is 23.7 Å². The number of methoxy groups -OCH3 is 1. The lowest BCUT2D eigenvalue weighted by molar-refractivity contribution is 0.0854. The molecule has 0 saturated heterocycles. The van der Waals surface area contributed by atoms with Gasteiger partial charge in [-0.2, -0.15) is 4.98 Å². The summed E-state index contributed by atoms with van der Waals surface area (Å²) in [6, 6.07) is 3.56. The summed E-state index contributed by atoms with van der Waals surface area (Å²) in [4.78, 5) is 4.28. The highest BCUT2D eigenvalue weighted by atomic mass is 16.5. The van der Waals surface area contributed by atoms with Crippen LogP contribution < -0.4 is 5.73 Å². The standard InChI is InChI=1S/C12H17N3O3/c1-3-4-9(16-2)11-14-12(18-15-11)10-6-5-8(7-13)17-10/h5-6,9H,3-4,7,13H2,1-2H3. The highest BCUT2D eigenvalue weighted by Crippen LogP contribution is 2.24. The van der Waals surface area contributed by atoms with Gasteiger partial charge in [-0.25, -0.2) is 0 Å². The molecular weight excluding hydrogens is 234 g/mol. The van der Waals surface area contributed by atoms with Crippen molar-refractivity contribution in [3.8, 4) is 11.7 Å². The van der Waals surface area contributed by atoms with Gasteiger partial charge in [-0.15, -0.1) is 0 Å². The maximum atomic E-state index is 5.48. The Balaban J connectivity index is 2.18. The molecule has 1 atom stereocenters. The SMILES string of the molecule is CCCC(OC)c1noc(-c2ccc(CN)o2)n1. The van der Waals surface area contributed by atoms with Gasteiger partial charge in [0.2, 0.25) is 5.82 Å². The summed E-state index contributed by atoms with van der Waals surface area (Å²) in [5.74, 6) is 2.10. The first-order valence-corrected chi connectivity index (χ1v) is 5.94. The molecule has 0 radical (unpaired) electrons. The number of nitrogens with zero attached hydrogens (tertiary/aromatic N) is 2. The van der Waals surface area contributed by atoms with Crippen molar-refractivity contribution in [2.75, 3.05) is 7.11 Å². The van der Waals surface area contributed by atoms with Crippen molar-refractivity contribution < 1.29 is 13.7 Å². The van der Waals surface area contributed by atoms with Gasteiger partial charge in [0.15, 0.2) is 5.76 Å². The molecule has 1 unspecified atom stereocenters. The number of furan rings is 1. The third-order valence-corrected chi connectivity index (χ3v) is 2.64. The second-order valence-corrected chi connectivity index (χ2v) is 3.94. The molecule has 6 nitrogen and oxygen atoms in total. The Morgan fingerprint density at radius 2 is 2.28 bits per heavy atom. The summed E-state index contributed by atoms with van der Waals surface area (Å²) in [5, 5.41) is 3.92. The third kappa shape index (κ3) is 2.60. The van der Waals surface area contributed by atoms with Crippen LogP contribution in [0.5, 0.6) is 0 Å². The molecule has 98 valence electrons. The first kappa shape index (κ1) is 12.8. The summed E-state index contributed by atoms with van der Waals surface area (Å²) >= 11 is 0. The predicted octanol–water partition coefficient (Wildman–Crippen LogP) is 2.28. The van der Waals surface area contributed by atoms with Gasteiger partial charge in [-0.3, -0.25) is 0 Å². The van der Waals surface area contributed by atoms with Crippen molar-refractivity contribution in [1.82, 2.24) is 10.1 Å². The van der Waals surface area contributed by atoms with Crippen LogP contribution in [-0.2, 0) is 11.3 Å². The van der Waals surface area contributed by atoms with Crippen LogP contribution in [0.15, 0.2) is 21.1 Å². The normalized spacial score (nSPS) is 12.8. The Bertz CT molecular complexity index is 492. The molecule has 0 saturated carbocycles. The Kier molecular flexibility index (Phi) is 4.11. The van der Waals surface area contributed by atoms with E-state index in [1.54, 1.807) is 19.2 Å². The van der Waals surface area contributed by atoms with E-state index in [2.05, 4.69) is 17.1 Å². The molecule has 0 aliphatic carbocycles. The fraction of sp³-hybridized carbons (Fsp3) is 0.500. The van der Waals surface area contributed by atoms with Gasteiger partial charge >= 0.3 is 0 Å². The Morgan fingerprint density at radius 3 is 2.89 bits per heavy atom. The first-order chi connectivity index (χ1) is 8.78. The summed E-state index contributed by atoms with van der Waals surface area (Å²) in [6.45, 7) is 2.42. The molecule has 2 N–H and O–H groups in total. The second-order valence-electron chi connectivity index (χ2n) is 3.94. The lowest BCUT2D eigenvalue weighted by atomic mass is 10.2. The van der Waals surface area contributed by atoms with Crippen LogP contribution in [0.4, 0.5) is 0 Å². The van der Waals surface area contributed by atoms with Gasteiger partial charge < -0.3 is 19.4 Å². The number of nitrogens with two attached hydrogens (primary N) is 1. The Labute approximate surface area is 105 Å². The predicted molar refractivity (Wildman–Crippen MR) is 64.5 cm³/mol. The van der Waals surface area contributed by atoms with E-state index in [9.17, 15) is 0 Å². The van der Waals surface area contributed by atoms with E-state index in [0.717, 1.165) is 12.8 Å². The van der Waals surface area contributed by atoms with E-state index in [-0.39, 0.29) is 6.10 Å². The molecule has 2 rings (SSSR count). The molecule has 18 heavy (non-hydrogen) atoms. The highest BCUT2D eigenvalue weighted by Gasteiger charge is 2.19. The van der Waals surface area contributed by atoms with Gasteiger partial charge in [-0.05, 0) is 18.6 Å². The fourth-order valence-electron chi connectivity index (χ4n) is 1.68. The monoisotopic (exact) mass is 251 g/mol. The minimum Gasteiger partial charge on any atom is -0.455 e. The van der Waals surface area contributed by atoms with Crippen molar-refractivity contribution in [2.24, 2.45) is 5.73 Å². The Hall–Kier alpha value is -1.66. The van der Waals surface area contributed by atoms with Crippen molar-refractivity contribution in [1.29, 1.82) is 0 Å². The molecule has 0 bridgehead atoms. The zero-order valence-corrected chi connectivity index (χ0v) is 10.5. The maximum absolute atomic E-state index is 5.48. The van der Waals surface area contributed by atoms with Crippen LogP contribution in [0.3, 0.4) is 0 Å². The quantitative estimate of drug-likeness (QED) is 0.847. The van der Waals surface area contributed by atoms with Crippen LogP contribution in [0.25, 0.3) is 11.7 Å². The molecule has 6 heteroatoms. The van der Waals surface area contributed by atoms with Crippen LogP contribution >= 0.6 is 0 Å². The van der Waals surface area contributed by atoms with E-state index >= 15 is 0 Å². The van der Waals surface area contributed by atoms with Crippen molar-refractivity contribution in [3.63, 3.8) is 0 Å². The van der Waals surface area contributed by atoms with E-state index in [0.29, 0.717) is 29.8 Å². The topological polar surface area (TPSA) is 87.3 Å². The van der Waals surface area contributed by atoms with Crippen LogP contribution in [0, 0.1) is 0 Å². The van der Waals surface area contributed by atoms with Gasteiger partial charge in [0.1, 0.15) is 11.9 Å². The molecule has 0 amide bonds.